The maximum absolute atomic E-state index is 12.8. The van der Waals surface area contributed by atoms with Gasteiger partial charge in [-0.3, -0.25) is 9.78 Å². The number of nitrogens with zero attached hydrogens (tertiary/aromatic N) is 3. The largest absolute Gasteiger partial charge is 0.345 e. The van der Waals surface area contributed by atoms with E-state index in [9.17, 15) is 4.79 Å². The van der Waals surface area contributed by atoms with E-state index in [1.165, 1.54) is 11.3 Å². The minimum absolute atomic E-state index is 0.222. The van der Waals surface area contributed by atoms with Gasteiger partial charge in [0.25, 0.3) is 5.91 Å². The van der Waals surface area contributed by atoms with E-state index in [-0.39, 0.29) is 5.91 Å². The first-order valence-corrected chi connectivity index (χ1v) is 10.4. The van der Waals surface area contributed by atoms with Crippen molar-refractivity contribution in [2.45, 2.75) is 20.4 Å². The van der Waals surface area contributed by atoms with Crippen LogP contribution in [0.15, 0.2) is 60.2 Å². The van der Waals surface area contributed by atoms with E-state index in [4.69, 9.17) is 11.6 Å². The predicted molar refractivity (Wildman–Crippen MR) is 117 cm³/mol. The van der Waals surface area contributed by atoms with Gasteiger partial charge in [0.2, 0.25) is 0 Å². The number of halogens is 1. The van der Waals surface area contributed by atoms with E-state index in [1.54, 1.807) is 18.5 Å². The Morgan fingerprint density at radius 3 is 2.55 bits per heavy atom. The number of pyridine rings is 1. The maximum Gasteiger partial charge on any atom is 0.253 e. The number of aromatic nitrogens is 3. The number of hydrogen-bond acceptors (Lipinski definition) is 4. The maximum atomic E-state index is 12.8. The van der Waals surface area contributed by atoms with Gasteiger partial charge in [-0.05, 0) is 56.3 Å². The third-order valence-electron chi connectivity index (χ3n) is 4.65. The van der Waals surface area contributed by atoms with Gasteiger partial charge >= 0.3 is 0 Å². The van der Waals surface area contributed by atoms with Crippen LogP contribution in [-0.2, 0) is 6.54 Å². The van der Waals surface area contributed by atoms with Gasteiger partial charge in [-0.1, -0.05) is 11.6 Å². The average Bonchev–Trinajstić information content (AvgIpc) is 3.34. The molecule has 146 valence electrons. The molecule has 0 aliphatic carbocycles. The summed E-state index contributed by atoms with van der Waals surface area (Å²) in [5, 5.41) is 6.15. The Balaban J connectivity index is 1.51. The average molecular weight is 423 g/mol. The lowest BCUT2D eigenvalue weighted by Crippen LogP contribution is -2.23. The highest BCUT2D eigenvalue weighted by molar-refractivity contribution is 7.09. The number of aryl methyl sites for hydroxylation is 2. The lowest BCUT2D eigenvalue weighted by molar-refractivity contribution is 0.0951. The summed E-state index contributed by atoms with van der Waals surface area (Å²) in [6.45, 7) is 4.41. The number of benzene rings is 1. The second-order valence-electron chi connectivity index (χ2n) is 6.66. The highest BCUT2D eigenvalue weighted by Gasteiger charge is 2.14. The monoisotopic (exact) mass is 422 g/mol. The molecule has 5 nitrogen and oxygen atoms in total. The number of nitrogens with one attached hydrogen (secondary N) is 1. The summed E-state index contributed by atoms with van der Waals surface area (Å²) >= 11 is 7.82. The second-order valence-corrected chi connectivity index (χ2v) is 8.01. The molecule has 0 aliphatic heterocycles. The zero-order valence-electron chi connectivity index (χ0n) is 16.0. The van der Waals surface area contributed by atoms with Crippen LogP contribution in [0, 0.1) is 13.8 Å². The van der Waals surface area contributed by atoms with Crippen LogP contribution >= 0.6 is 22.9 Å². The first kappa shape index (κ1) is 19.4. The summed E-state index contributed by atoms with van der Waals surface area (Å²) in [6.07, 6.45) is 3.47. The summed E-state index contributed by atoms with van der Waals surface area (Å²) in [6, 6.07) is 13.4. The van der Waals surface area contributed by atoms with Crippen molar-refractivity contribution in [1.29, 1.82) is 0 Å². The van der Waals surface area contributed by atoms with Crippen molar-refractivity contribution in [2.75, 3.05) is 0 Å². The van der Waals surface area contributed by atoms with Gasteiger partial charge in [0.1, 0.15) is 5.01 Å². The summed E-state index contributed by atoms with van der Waals surface area (Å²) in [7, 11) is 0. The number of carbonyl (C=O) groups is 1. The Bertz CT molecular complexity index is 1150. The Hall–Kier alpha value is -2.96. The molecule has 1 aromatic carbocycles. The van der Waals surface area contributed by atoms with Crippen LogP contribution in [0.3, 0.4) is 0 Å². The molecule has 0 radical (unpaired) electrons. The SMILES string of the molecule is Cc1ccc(C)n1-c1ccc(Cl)c(C(=O)NCc2nc(-c3ccncc3)cs2)c1. The van der Waals surface area contributed by atoms with Crippen molar-refractivity contribution in [3.63, 3.8) is 0 Å². The van der Waals surface area contributed by atoms with Crippen molar-refractivity contribution < 1.29 is 4.79 Å². The van der Waals surface area contributed by atoms with E-state index < -0.39 is 0 Å². The Kier molecular flexibility index (Phi) is 5.47. The van der Waals surface area contributed by atoms with E-state index >= 15 is 0 Å². The van der Waals surface area contributed by atoms with Gasteiger partial charge in [-0.2, -0.15) is 0 Å². The Morgan fingerprint density at radius 1 is 1.10 bits per heavy atom. The molecule has 3 heterocycles. The lowest BCUT2D eigenvalue weighted by atomic mass is 10.1. The number of hydrogen-bond donors (Lipinski definition) is 1. The minimum Gasteiger partial charge on any atom is -0.345 e. The third-order valence-corrected chi connectivity index (χ3v) is 5.83. The summed E-state index contributed by atoms with van der Waals surface area (Å²) < 4.78 is 2.09. The normalized spacial score (nSPS) is 10.9. The van der Waals surface area contributed by atoms with Gasteiger partial charge < -0.3 is 9.88 Å². The molecule has 7 heteroatoms. The molecular weight excluding hydrogens is 404 g/mol. The van der Waals surface area contributed by atoms with Gasteiger partial charge in [0, 0.05) is 40.4 Å². The first-order chi connectivity index (χ1) is 14.0. The molecule has 0 bridgehead atoms. The number of carbonyl (C=O) groups excluding carboxylic acids is 1. The molecule has 3 aromatic heterocycles. The van der Waals surface area contributed by atoms with Crippen LogP contribution in [-0.4, -0.2) is 20.4 Å². The third kappa shape index (κ3) is 4.09. The van der Waals surface area contributed by atoms with Crippen LogP contribution in [0.5, 0.6) is 0 Å². The Labute approximate surface area is 178 Å². The van der Waals surface area contributed by atoms with Gasteiger partial charge in [-0.25, -0.2) is 4.98 Å². The first-order valence-electron chi connectivity index (χ1n) is 9.11. The van der Waals surface area contributed by atoms with Crippen molar-refractivity contribution in [1.82, 2.24) is 19.9 Å². The van der Waals surface area contributed by atoms with Gasteiger partial charge in [0.05, 0.1) is 22.8 Å². The molecule has 0 atom stereocenters. The van der Waals surface area contributed by atoms with E-state index in [0.29, 0.717) is 17.1 Å². The van der Waals surface area contributed by atoms with E-state index in [2.05, 4.69) is 19.9 Å². The fraction of sp³-hybridized carbons (Fsp3) is 0.136. The summed E-state index contributed by atoms with van der Waals surface area (Å²) in [5.74, 6) is -0.222. The van der Waals surface area contributed by atoms with E-state index in [1.807, 2.05) is 55.6 Å². The smallest absolute Gasteiger partial charge is 0.253 e. The lowest BCUT2D eigenvalue weighted by Gasteiger charge is -2.12. The molecule has 0 unspecified atom stereocenters. The molecule has 0 saturated heterocycles. The van der Waals surface area contributed by atoms with E-state index in [0.717, 1.165) is 33.3 Å². The fourth-order valence-corrected chi connectivity index (χ4v) is 4.15. The number of rotatable bonds is 5. The molecule has 0 saturated carbocycles. The van der Waals surface area contributed by atoms with Crippen molar-refractivity contribution in [3.05, 3.63) is 87.2 Å². The van der Waals surface area contributed by atoms with Gasteiger partial charge in [-0.15, -0.1) is 11.3 Å². The predicted octanol–water partition coefficient (Wildman–Crippen LogP) is 5.20. The number of amides is 1. The molecule has 0 spiro atoms. The van der Waals surface area contributed by atoms with Crippen LogP contribution < -0.4 is 5.32 Å². The number of thiazole rings is 1. The standard InChI is InChI=1S/C22H19ClN4OS/c1-14-3-4-15(2)27(14)17-5-6-19(23)18(11-17)22(28)25-12-21-26-20(13-29-21)16-7-9-24-10-8-16/h3-11,13H,12H2,1-2H3,(H,25,28). The minimum atomic E-state index is -0.222. The fourth-order valence-electron chi connectivity index (χ4n) is 3.20. The highest BCUT2D eigenvalue weighted by atomic mass is 35.5. The zero-order valence-corrected chi connectivity index (χ0v) is 17.6. The van der Waals surface area contributed by atoms with Crippen LogP contribution in [0.2, 0.25) is 5.02 Å². The van der Waals surface area contributed by atoms with Crippen molar-refractivity contribution in [3.8, 4) is 16.9 Å². The molecule has 0 aliphatic rings. The van der Waals surface area contributed by atoms with Crippen LogP contribution in [0.4, 0.5) is 0 Å². The second kappa shape index (κ2) is 8.19. The molecule has 4 aromatic rings. The quantitative estimate of drug-likeness (QED) is 0.481. The molecule has 1 N–H and O–H groups in total. The molecular formula is C22H19ClN4OS. The zero-order chi connectivity index (χ0) is 20.4. The summed E-state index contributed by atoms with van der Waals surface area (Å²) in [4.78, 5) is 21.4. The summed E-state index contributed by atoms with van der Waals surface area (Å²) in [5.41, 5.74) is 5.43. The van der Waals surface area contributed by atoms with Gasteiger partial charge in [0.15, 0.2) is 0 Å². The molecule has 0 fully saturated rings. The van der Waals surface area contributed by atoms with Crippen LogP contribution in [0.1, 0.15) is 26.8 Å². The van der Waals surface area contributed by atoms with Crippen molar-refractivity contribution in [2.24, 2.45) is 0 Å². The van der Waals surface area contributed by atoms with Crippen molar-refractivity contribution >= 4 is 28.8 Å². The molecule has 4 rings (SSSR count). The highest BCUT2D eigenvalue weighted by Crippen LogP contribution is 2.24. The Morgan fingerprint density at radius 2 is 1.83 bits per heavy atom. The molecule has 1 amide bonds. The topological polar surface area (TPSA) is 59.8 Å². The van der Waals surface area contributed by atoms with Crippen LogP contribution in [0.25, 0.3) is 16.9 Å². The molecule has 29 heavy (non-hydrogen) atoms.